The van der Waals surface area contributed by atoms with Gasteiger partial charge in [0, 0.05) is 0 Å². The molecule has 2 aliphatic rings. The van der Waals surface area contributed by atoms with E-state index in [2.05, 4.69) is 4.28 Å². The summed E-state index contributed by atoms with van der Waals surface area (Å²) in [6.07, 6.45) is 0. The number of benzene rings is 2. The highest BCUT2D eigenvalue weighted by Gasteiger charge is 2.53. The number of urea groups is 1. The molecular weight excluding hydrogens is 395 g/mol. The molecule has 1 saturated heterocycles. The van der Waals surface area contributed by atoms with Crippen LogP contribution in [0, 0.1) is 5.82 Å². The van der Waals surface area contributed by atoms with Crippen molar-refractivity contribution in [3.05, 3.63) is 59.4 Å². The number of aliphatic carboxylic acids is 1. The molecule has 0 aromatic heterocycles. The van der Waals surface area contributed by atoms with Crippen molar-refractivity contribution >= 4 is 22.4 Å². The molecule has 1 fully saturated rings. The summed E-state index contributed by atoms with van der Waals surface area (Å²) >= 11 is 0. The third-order valence-electron chi connectivity index (χ3n) is 4.73. The summed E-state index contributed by atoms with van der Waals surface area (Å²) in [5.74, 6) is -1.77. The predicted octanol–water partition coefficient (Wildman–Crippen LogP) is 2.15. The summed E-state index contributed by atoms with van der Waals surface area (Å²) in [6, 6.07) is 6.83. The molecule has 2 N–H and O–H groups in total. The molecule has 11 heteroatoms. The van der Waals surface area contributed by atoms with Gasteiger partial charge in [0.05, 0.1) is 6.54 Å². The van der Waals surface area contributed by atoms with E-state index in [0.717, 1.165) is 4.90 Å². The smallest absolute Gasteiger partial charge is 0.418 e. The van der Waals surface area contributed by atoms with Crippen LogP contribution in [-0.4, -0.2) is 46.6 Å². The maximum atomic E-state index is 13.3. The van der Waals surface area contributed by atoms with E-state index in [1.165, 1.54) is 30.3 Å². The van der Waals surface area contributed by atoms with E-state index in [9.17, 15) is 27.5 Å². The molecule has 0 radical (unpaired) electrons. The number of hydrogen-bond acceptors (Lipinski definition) is 5. The quantitative estimate of drug-likeness (QED) is 0.743. The summed E-state index contributed by atoms with van der Waals surface area (Å²) in [7, 11) is -5.02. The number of carboxylic acid groups (broad SMARTS) is 1. The molecule has 9 nitrogen and oxygen atoms in total. The van der Waals surface area contributed by atoms with Crippen LogP contribution in [0.4, 0.5) is 9.18 Å². The molecular formula is C17H13FN2O7S. The lowest BCUT2D eigenvalue weighted by atomic mass is 9.85. The Hall–Kier alpha value is -3.02. The summed E-state index contributed by atoms with van der Waals surface area (Å²) in [5.41, 5.74) is 1.67. The second kappa shape index (κ2) is 6.26. The van der Waals surface area contributed by atoms with Gasteiger partial charge in [0.25, 0.3) is 0 Å². The number of carbonyl (C=O) groups is 2. The zero-order valence-corrected chi connectivity index (χ0v) is 14.8. The van der Waals surface area contributed by atoms with Crippen LogP contribution in [0.3, 0.4) is 0 Å². The lowest BCUT2D eigenvalue weighted by Gasteiger charge is -2.31. The lowest BCUT2D eigenvalue weighted by molar-refractivity contribution is -0.142. The zero-order valence-electron chi connectivity index (χ0n) is 14.0. The van der Waals surface area contributed by atoms with Gasteiger partial charge in [-0.1, -0.05) is 30.3 Å². The average Bonchev–Trinajstić information content (AvgIpc) is 2.87. The molecule has 2 unspecified atom stereocenters. The van der Waals surface area contributed by atoms with Gasteiger partial charge < -0.3 is 10.0 Å². The normalized spacial score (nSPS) is 21.0. The van der Waals surface area contributed by atoms with Crippen molar-refractivity contribution < 1.29 is 36.3 Å². The van der Waals surface area contributed by atoms with E-state index < -0.39 is 40.3 Å². The van der Waals surface area contributed by atoms with Crippen molar-refractivity contribution in [2.45, 2.75) is 12.1 Å². The topological polar surface area (TPSA) is 124 Å². The first-order chi connectivity index (χ1) is 13.2. The third-order valence-corrected chi connectivity index (χ3v) is 5.08. The molecule has 2 aromatic rings. The predicted molar refractivity (Wildman–Crippen MR) is 91.5 cm³/mol. The van der Waals surface area contributed by atoms with Gasteiger partial charge in [-0.3, -0.25) is 4.55 Å². The fourth-order valence-corrected chi connectivity index (χ4v) is 4.09. The number of hydroxylamine groups is 2. The molecule has 2 heterocycles. The van der Waals surface area contributed by atoms with Crippen molar-refractivity contribution in [1.82, 2.24) is 9.96 Å². The van der Waals surface area contributed by atoms with Gasteiger partial charge in [0.2, 0.25) is 0 Å². The Balaban J connectivity index is 1.94. The van der Waals surface area contributed by atoms with Gasteiger partial charge in [-0.15, -0.1) is 4.28 Å². The number of amides is 2. The highest BCUT2D eigenvalue weighted by molar-refractivity contribution is 7.80. The number of carbonyl (C=O) groups excluding carboxylic acids is 1. The van der Waals surface area contributed by atoms with Crippen molar-refractivity contribution in [1.29, 1.82) is 0 Å². The number of carboxylic acids is 1. The third kappa shape index (κ3) is 2.89. The van der Waals surface area contributed by atoms with Crippen LogP contribution < -0.4 is 0 Å². The molecule has 2 aliphatic heterocycles. The number of halogens is 1. The molecule has 0 saturated carbocycles. The van der Waals surface area contributed by atoms with Crippen LogP contribution in [0.25, 0.3) is 11.1 Å². The first-order valence-electron chi connectivity index (χ1n) is 8.06. The van der Waals surface area contributed by atoms with E-state index in [1.807, 2.05) is 0 Å². The monoisotopic (exact) mass is 408 g/mol. The Bertz CT molecular complexity index is 1090. The molecule has 2 bridgehead atoms. The Labute approximate surface area is 158 Å². The minimum absolute atomic E-state index is 0.156. The van der Waals surface area contributed by atoms with Gasteiger partial charge in [-0.25, -0.2) is 14.0 Å². The van der Waals surface area contributed by atoms with Gasteiger partial charge >= 0.3 is 22.4 Å². The minimum Gasteiger partial charge on any atom is -0.479 e. The highest BCUT2D eigenvalue weighted by atomic mass is 32.3. The van der Waals surface area contributed by atoms with Crippen molar-refractivity contribution in [2.24, 2.45) is 0 Å². The fraction of sp³-hybridized carbons (Fsp3) is 0.176. The molecule has 28 heavy (non-hydrogen) atoms. The summed E-state index contributed by atoms with van der Waals surface area (Å²) in [6.45, 7) is -0.156. The van der Waals surface area contributed by atoms with Crippen LogP contribution in [0.15, 0.2) is 42.5 Å². The Morgan fingerprint density at radius 1 is 1.18 bits per heavy atom. The van der Waals surface area contributed by atoms with Crippen LogP contribution >= 0.6 is 0 Å². The van der Waals surface area contributed by atoms with E-state index in [1.54, 1.807) is 12.1 Å². The van der Waals surface area contributed by atoms with E-state index in [0.29, 0.717) is 21.8 Å². The summed E-state index contributed by atoms with van der Waals surface area (Å²) in [5, 5.41) is 10.1. The Morgan fingerprint density at radius 3 is 2.46 bits per heavy atom. The van der Waals surface area contributed by atoms with Gasteiger partial charge in [0.1, 0.15) is 11.9 Å². The zero-order chi connectivity index (χ0) is 20.2. The van der Waals surface area contributed by atoms with E-state index in [-0.39, 0.29) is 12.1 Å². The molecule has 0 spiro atoms. The molecule has 2 atom stereocenters. The second-order valence-corrected chi connectivity index (χ2v) is 7.34. The second-order valence-electron chi connectivity index (χ2n) is 6.33. The van der Waals surface area contributed by atoms with Crippen LogP contribution in [-0.2, 0) is 19.5 Å². The largest absolute Gasteiger partial charge is 0.479 e. The number of rotatable bonds is 4. The molecule has 0 aliphatic carbocycles. The minimum atomic E-state index is -5.02. The van der Waals surface area contributed by atoms with Gasteiger partial charge in [-0.05, 0) is 34.4 Å². The van der Waals surface area contributed by atoms with E-state index in [4.69, 9.17) is 4.55 Å². The molecule has 2 aromatic carbocycles. The first kappa shape index (κ1) is 18.3. The first-order valence-corrected chi connectivity index (χ1v) is 9.42. The molecule has 4 rings (SSSR count). The van der Waals surface area contributed by atoms with Crippen LogP contribution in [0.2, 0.25) is 0 Å². The number of fused-ring (bicyclic) bond motifs is 4. The lowest BCUT2D eigenvalue weighted by Crippen LogP contribution is -2.38. The highest BCUT2D eigenvalue weighted by Crippen LogP contribution is 2.47. The Kier molecular flexibility index (Phi) is 4.10. The van der Waals surface area contributed by atoms with Crippen molar-refractivity contribution in [3.8, 4) is 11.1 Å². The average molecular weight is 408 g/mol. The van der Waals surface area contributed by atoms with E-state index >= 15 is 0 Å². The van der Waals surface area contributed by atoms with Gasteiger partial charge in [-0.2, -0.15) is 13.5 Å². The number of hydrogen-bond donors (Lipinski definition) is 2. The maximum Gasteiger partial charge on any atom is 0.418 e. The number of nitrogens with zero attached hydrogens (tertiary/aromatic N) is 2. The fourth-order valence-electron chi connectivity index (χ4n) is 3.72. The standard InChI is InChI=1S/C17H13FN2O7S/c18-10-6-4-9(5-7-10)11-2-1-3-12-14(11)13-8-19(15(12)16(21)22)17(23)20(13)27-28(24,25)26/h1-7,13,15H,8H2,(H,21,22)(H,24,25,26). The van der Waals surface area contributed by atoms with Crippen molar-refractivity contribution in [2.75, 3.05) is 6.54 Å². The van der Waals surface area contributed by atoms with Crippen LogP contribution in [0.1, 0.15) is 23.2 Å². The molecule has 2 amide bonds. The SMILES string of the molecule is O=C(O)C1c2cccc(-c3ccc(F)cc3)c2C2CN1C(=O)N2OS(=O)(=O)O. The summed E-state index contributed by atoms with van der Waals surface area (Å²) < 4.78 is 49.2. The summed E-state index contributed by atoms with van der Waals surface area (Å²) in [4.78, 5) is 25.4. The van der Waals surface area contributed by atoms with Gasteiger partial charge in [0.15, 0.2) is 6.04 Å². The van der Waals surface area contributed by atoms with Crippen LogP contribution in [0.5, 0.6) is 0 Å². The van der Waals surface area contributed by atoms with Crippen molar-refractivity contribution in [3.63, 3.8) is 0 Å². The molecule has 146 valence electrons. The Morgan fingerprint density at radius 2 is 1.86 bits per heavy atom. The maximum absolute atomic E-state index is 13.3.